The van der Waals surface area contributed by atoms with Crippen molar-refractivity contribution in [1.82, 2.24) is 9.97 Å². The third-order valence-electron chi connectivity index (χ3n) is 1.97. The van der Waals surface area contributed by atoms with Gasteiger partial charge < -0.3 is 9.84 Å². The van der Waals surface area contributed by atoms with Crippen LogP contribution in [0.5, 0.6) is 11.6 Å². The van der Waals surface area contributed by atoms with Gasteiger partial charge in [-0.3, -0.25) is 0 Å². The summed E-state index contributed by atoms with van der Waals surface area (Å²) >= 11 is 9.06. The van der Waals surface area contributed by atoms with Crippen molar-refractivity contribution in [3.8, 4) is 11.6 Å². The summed E-state index contributed by atoms with van der Waals surface area (Å²) in [5, 5.41) is 9.48. The van der Waals surface area contributed by atoms with Crippen LogP contribution in [0.1, 0.15) is 10.5 Å². The summed E-state index contributed by atoms with van der Waals surface area (Å²) in [5.41, 5.74) is -0.251. The van der Waals surface area contributed by atoms with Gasteiger partial charge in [0, 0.05) is 17.4 Å². The number of halogens is 2. The molecule has 1 aromatic heterocycles. The summed E-state index contributed by atoms with van der Waals surface area (Å²) < 4.78 is 5.99. The third kappa shape index (κ3) is 2.77. The molecule has 0 fully saturated rings. The first-order chi connectivity index (χ1) is 8.58. The van der Waals surface area contributed by atoms with E-state index in [4.69, 9.17) is 21.4 Å². The molecule has 0 saturated heterocycles. The Morgan fingerprint density at radius 1 is 1.33 bits per heavy atom. The number of ether oxygens (including phenoxy) is 1. The molecule has 0 amide bonds. The Labute approximate surface area is 116 Å². The average Bonchev–Trinajstić information content (AvgIpc) is 2.33. The molecule has 18 heavy (non-hydrogen) atoms. The minimum atomic E-state index is -1.21. The van der Waals surface area contributed by atoms with Crippen molar-refractivity contribution in [3.63, 3.8) is 0 Å². The van der Waals surface area contributed by atoms with E-state index in [0.29, 0.717) is 15.2 Å². The average molecular weight is 330 g/mol. The van der Waals surface area contributed by atoms with Crippen LogP contribution in [0.3, 0.4) is 0 Å². The van der Waals surface area contributed by atoms with E-state index in [1.165, 1.54) is 12.4 Å². The van der Waals surface area contributed by atoms with Gasteiger partial charge in [-0.2, -0.15) is 0 Å². The van der Waals surface area contributed by atoms with E-state index in [9.17, 15) is 4.79 Å². The van der Waals surface area contributed by atoms with Gasteiger partial charge in [-0.15, -0.1) is 0 Å². The van der Waals surface area contributed by atoms with Crippen LogP contribution in [0.2, 0.25) is 5.02 Å². The molecule has 0 atom stereocenters. The highest BCUT2D eigenvalue weighted by Gasteiger charge is 2.15. The predicted octanol–water partition coefficient (Wildman–Crippen LogP) is 3.38. The van der Waals surface area contributed by atoms with Gasteiger partial charge in [-0.05, 0) is 34.1 Å². The van der Waals surface area contributed by atoms with Crippen LogP contribution < -0.4 is 4.74 Å². The molecule has 7 heteroatoms. The number of rotatable bonds is 3. The first kappa shape index (κ1) is 12.8. The quantitative estimate of drug-likeness (QED) is 0.934. The molecule has 0 aliphatic heterocycles. The van der Waals surface area contributed by atoms with Crippen molar-refractivity contribution in [1.29, 1.82) is 0 Å². The zero-order chi connectivity index (χ0) is 13.1. The molecule has 0 radical (unpaired) electrons. The SMILES string of the molecule is O=C(O)c1nccnc1Oc1ccc(Cl)cc1Br. The number of carbonyl (C=O) groups is 1. The topological polar surface area (TPSA) is 72.3 Å². The van der Waals surface area contributed by atoms with Crippen molar-refractivity contribution in [2.24, 2.45) is 0 Å². The molecule has 0 saturated carbocycles. The lowest BCUT2D eigenvalue weighted by atomic mass is 10.3. The number of hydrogen-bond donors (Lipinski definition) is 1. The maximum absolute atomic E-state index is 10.9. The second kappa shape index (κ2) is 5.32. The maximum Gasteiger partial charge on any atom is 0.360 e. The minimum absolute atomic E-state index is 0.0759. The highest BCUT2D eigenvalue weighted by Crippen LogP contribution is 2.31. The summed E-state index contributed by atoms with van der Waals surface area (Å²) in [6.07, 6.45) is 2.64. The summed E-state index contributed by atoms with van der Waals surface area (Å²) in [6, 6.07) is 4.86. The molecule has 2 rings (SSSR count). The van der Waals surface area contributed by atoms with Crippen LogP contribution in [-0.4, -0.2) is 21.0 Å². The molecule has 92 valence electrons. The molecule has 0 aliphatic rings. The summed E-state index contributed by atoms with van der Waals surface area (Å²) in [4.78, 5) is 18.5. The number of carboxylic acid groups (broad SMARTS) is 1. The van der Waals surface area contributed by atoms with Gasteiger partial charge in [0.15, 0.2) is 0 Å². The Morgan fingerprint density at radius 3 is 2.72 bits per heavy atom. The Kier molecular flexibility index (Phi) is 3.78. The first-order valence-corrected chi connectivity index (χ1v) is 5.92. The second-order valence-corrected chi connectivity index (χ2v) is 4.48. The molecule has 5 nitrogen and oxygen atoms in total. The normalized spacial score (nSPS) is 10.1. The smallest absolute Gasteiger partial charge is 0.360 e. The molecule has 0 aliphatic carbocycles. The van der Waals surface area contributed by atoms with Gasteiger partial charge >= 0.3 is 5.97 Å². The summed E-state index contributed by atoms with van der Waals surface area (Å²) in [6.45, 7) is 0. The largest absolute Gasteiger partial charge is 0.476 e. The van der Waals surface area contributed by atoms with Gasteiger partial charge in [0.25, 0.3) is 5.88 Å². The van der Waals surface area contributed by atoms with Gasteiger partial charge in [-0.25, -0.2) is 14.8 Å². The van der Waals surface area contributed by atoms with E-state index >= 15 is 0 Å². The van der Waals surface area contributed by atoms with E-state index in [1.54, 1.807) is 18.2 Å². The van der Waals surface area contributed by atoms with Crippen LogP contribution in [0, 0.1) is 0 Å². The van der Waals surface area contributed by atoms with E-state index in [-0.39, 0.29) is 11.6 Å². The highest BCUT2D eigenvalue weighted by molar-refractivity contribution is 9.10. The zero-order valence-electron chi connectivity index (χ0n) is 8.80. The Bertz CT molecular complexity index is 607. The molecule has 1 N–H and O–H groups in total. The molecule has 0 bridgehead atoms. The summed E-state index contributed by atoms with van der Waals surface area (Å²) in [7, 11) is 0. The fourth-order valence-corrected chi connectivity index (χ4v) is 1.97. The number of carboxylic acids is 1. The van der Waals surface area contributed by atoms with Crippen molar-refractivity contribution in [2.45, 2.75) is 0 Å². The van der Waals surface area contributed by atoms with Crippen molar-refractivity contribution >= 4 is 33.5 Å². The minimum Gasteiger partial charge on any atom is -0.476 e. The van der Waals surface area contributed by atoms with Crippen LogP contribution in [0.15, 0.2) is 35.1 Å². The number of aromatic nitrogens is 2. The Hall–Kier alpha value is -1.66. The fraction of sp³-hybridized carbons (Fsp3) is 0. The van der Waals surface area contributed by atoms with Crippen molar-refractivity contribution in [2.75, 3.05) is 0 Å². The van der Waals surface area contributed by atoms with Gasteiger partial charge in [-0.1, -0.05) is 11.6 Å². The molecule has 1 aromatic carbocycles. The Balaban J connectivity index is 2.37. The third-order valence-corrected chi connectivity index (χ3v) is 2.82. The van der Waals surface area contributed by atoms with E-state index < -0.39 is 5.97 Å². The molecule has 1 heterocycles. The lowest BCUT2D eigenvalue weighted by molar-refractivity contribution is 0.0686. The van der Waals surface area contributed by atoms with Gasteiger partial charge in [0.2, 0.25) is 5.69 Å². The monoisotopic (exact) mass is 328 g/mol. The van der Waals surface area contributed by atoms with E-state index in [0.717, 1.165) is 0 Å². The highest BCUT2D eigenvalue weighted by atomic mass is 79.9. The number of aromatic carboxylic acids is 1. The zero-order valence-corrected chi connectivity index (χ0v) is 11.1. The number of benzene rings is 1. The first-order valence-electron chi connectivity index (χ1n) is 4.75. The van der Waals surface area contributed by atoms with Gasteiger partial charge in [0.1, 0.15) is 5.75 Å². The van der Waals surface area contributed by atoms with Gasteiger partial charge in [0.05, 0.1) is 4.47 Å². The van der Waals surface area contributed by atoms with E-state index in [2.05, 4.69) is 25.9 Å². The standard InChI is InChI=1S/C11H6BrClN2O3/c12-7-5-6(13)1-2-8(7)18-10-9(11(16)17)14-3-4-15-10/h1-5H,(H,16,17). The molecule has 0 spiro atoms. The van der Waals surface area contributed by atoms with E-state index in [1.807, 2.05) is 0 Å². The number of nitrogens with zero attached hydrogens (tertiary/aromatic N) is 2. The molecular weight excluding hydrogens is 323 g/mol. The molecular formula is C11H6BrClN2O3. The summed E-state index contributed by atoms with van der Waals surface area (Å²) in [5.74, 6) is -0.876. The maximum atomic E-state index is 10.9. The lowest BCUT2D eigenvalue weighted by Crippen LogP contribution is -2.04. The van der Waals surface area contributed by atoms with Crippen molar-refractivity contribution in [3.05, 3.63) is 45.8 Å². The Morgan fingerprint density at radius 2 is 2.06 bits per heavy atom. The molecule has 2 aromatic rings. The van der Waals surface area contributed by atoms with Crippen molar-refractivity contribution < 1.29 is 14.6 Å². The van der Waals surface area contributed by atoms with Crippen LogP contribution >= 0.6 is 27.5 Å². The van der Waals surface area contributed by atoms with Crippen LogP contribution in [0.4, 0.5) is 0 Å². The predicted molar refractivity (Wildman–Crippen MR) is 68.2 cm³/mol. The molecule has 0 unspecified atom stereocenters. The second-order valence-electron chi connectivity index (χ2n) is 3.19. The van der Waals surface area contributed by atoms with Crippen LogP contribution in [0.25, 0.3) is 0 Å². The number of hydrogen-bond acceptors (Lipinski definition) is 4. The van der Waals surface area contributed by atoms with Crippen LogP contribution in [-0.2, 0) is 0 Å². The lowest BCUT2D eigenvalue weighted by Gasteiger charge is -2.08. The fourth-order valence-electron chi connectivity index (χ4n) is 1.21.